The Bertz CT molecular complexity index is 702. The Balaban J connectivity index is 2.12. The van der Waals surface area contributed by atoms with Gasteiger partial charge in [-0.25, -0.2) is 4.99 Å². The highest BCUT2D eigenvalue weighted by molar-refractivity contribution is 5.94. The number of benzene rings is 2. The van der Waals surface area contributed by atoms with Crippen LogP contribution < -0.4 is 25.3 Å². The molecule has 0 amide bonds. The van der Waals surface area contributed by atoms with Crippen LogP contribution in [-0.4, -0.2) is 26.8 Å². The number of rotatable bonds is 7. The zero-order chi connectivity index (χ0) is 17.4. The second-order valence-electron chi connectivity index (χ2n) is 4.93. The van der Waals surface area contributed by atoms with E-state index in [2.05, 4.69) is 10.3 Å². The summed E-state index contributed by atoms with van der Waals surface area (Å²) in [6, 6.07) is 13.2. The lowest BCUT2D eigenvalue weighted by molar-refractivity contribution is 0.336. The van der Waals surface area contributed by atoms with Gasteiger partial charge in [0.25, 0.3) is 0 Å². The van der Waals surface area contributed by atoms with Gasteiger partial charge >= 0.3 is 0 Å². The maximum absolute atomic E-state index is 5.99. The maximum atomic E-state index is 5.99. The van der Waals surface area contributed by atoms with E-state index in [1.165, 1.54) is 0 Å². The van der Waals surface area contributed by atoms with Gasteiger partial charge in [-0.2, -0.15) is 0 Å². The molecule has 0 aliphatic rings. The number of nitrogens with one attached hydrogen (secondary N) is 1. The van der Waals surface area contributed by atoms with Crippen LogP contribution in [0.1, 0.15) is 12.5 Å². The molecule has 0 fully saturated rings. The topological polar surface area (TPSA) is 78.1 Å². The zero-order valence-electron chi connectivity index (χ0n) is 14.2. The minimum Gasteiger partial charge on any atom is -0.497 e. The molecule has 0 saturated heterocycles. The number of anilines is 1. The summed E-state index contributed by atoms with van der Waals surface area (Å²) in [5.74, 6) is 2.46. The van der Waals surface area contributed by atoms with Gasteiger partial charge in [0, 0.05) is 11.6 Å². The van der Waals surface area contributed by atoms with E-state index in [1.54, 1.807) is 26.4 Å². The molecule has 128 valence electrons. The van der Waals surface area contributed by atoms with E-state index in [9.17, 15) is 0 Å². The van der Waals surface area contributed by atoms with E-state index < -0.39 is 0 Å². The van der Waals surface area contributed by atoms with Crippen molar-refractivity contribution in [2.24, 2.45) is 10.7 Å². The normalized spacial score (nSPS) is 11.0. The fourth-order valence-corrected chi connectivity index (χ4v) is 2.19. The molecule has 0 aromatic heterocycles. The number of hydrogen-bond acceptors (Lipinski definition) is 4. The fourth-order valence-electron chi connectivity index (χ4n) is 2.19. The van der Waals surface area contributed by atoms with Crippen molar-refractivity contribution in [1.82, 2.24) is 0 Å². The molecule has 2 aromatic carbocycles. The summed E-state index contributed by atoms with van der Waals surface area (Å²) in [7, 11) is 3.20. The second-order valence-corrected chi connectivity index (χ2v) is 4.93. The van der Waals surface area contributed by atoms with E-state index in [0.29, 0.717) is 30.3 Å². The molecule has 6 heteroatoms. The molecule has 0 saturated carbocycles. The molecule has 0 aliphatic carbocycles. The molecule has 3 N–H and O–H groups in total. The van der Waals surface area contributed by atoms with Crippen LogP contribution in [0.25, 0.3) is 0 Å². The minimum atomic E-state index is 0.285. The lowest BCUT2D eigenvalue weighted by Gasteiger charge is -2.12. The van der Waals surface area contributed by atoms with Gasteiger partial charge in [0.2, 0.25) is 0 Å². The Labute approximate surface area is 142 Å². The van der Waals surface area contributed by atoms with Crippen LogP contribution in [0.4, 0.5) is 5.69 Å². The van der Waals surface area contributed by atoms with E-state index >= 15 is 0 Å². The van der Waals surface area contributed by atoms with E-state index in [-0.39, 0.29) is 5.96 Å². The average molecular weight is 329 g/mol. The molecule has 0 aliphatic heterocycles. The van der Waals surface area contributed by atoms with Gasteiger partial charge in [-0.15, -0.1) is 0 Å². The number of methoxy groups -OCH3 is 2. The Morgan fingerprint density at radius 3 is 2.58 bits per heavy atom. The molecule has 24 heavy (non-hydrogen) atoms. The molecule has 0 spiro atoms. The summed E-state index contributed by atoms with van der Waals surface area (Å²) >= 11 is 0. The third-order valence-electron chi connectivity index (χ3n) is 3.36. The quantitative estimate of drug-likeness (QED) is 0.603. The highest BCUT2D eigenvalue weighted by Crippen LogP contribution is 2.28. The molecule has 2 rings (SSSR count). The second kappa shape index (κ2) is 8.67. The number of nitrogens with two attached hydrogens (primary N) is 1. The highest BCUT2D eigenvalue weighted by atomic mass is 16.5. The van der Waals surface area contributed by atoms with Crippen LogP contribution in [0.3, 0.4) is 0 Å². The van der Waals surface area contributed by atoms with E-state index in [1.807, 2.05) is 37.3 Å². The van der Waals surface area contributed by atoms with Gasteiger partial charge in [0.15, 0.2) is 5.96 Å². The number of hydrogen-bond donors (Lipinski definition) is 2. The summed E-state index contributed by atoms with van der Waals surface area (Å²) < 4.78 is 16.1. The monoisotopic (exact) mass is 329 g/mol. The van der Waals surface area contributed by atoms with Gasteiger partial charge in [-0.05, 0) is 25.1 Å². The van der Waals surface area contributed by atoms with Gasteiger partial charge in [0.1, 0.15) is 17.2 Å². The molecule has 0 unspecified atom stereocenters. The largest absolute Gasteiger partial charge is 0.497 e. The van der Waals surface area contributed by atoms with Crippen molar-refractivity contribution in [2.75, 3.05) is 26.1 Å². The standard InChI is InChI=1S/C18H23N3O3/c1-4-24-16-8-6-5-7-13(16)12-20-18(19)21-15-11-14(22-2)9-10-17(15)23-3/h5-11H,4,12H2,1-3H3,(H3,19,20,21). The van der Waals surface area contributed by atoms with Gasteiger partial charge in [-0.3, -0.25) is 0 Å². The van der Waals surface area contributed by atoms with Crippen LogP contribution in [0, 0.1) is 0 Å². The molecule has 0 atom stereocenters. The first-order valence-corrected chi connectivity index (χ1v) is 7.67. The first-order chi connectivity index (χ1) is 11.7. The van der Waals surface area contributed by atoms with E-state index in [4.69, 9.17) is 19.9 Å². The first-order valence-electron chi connectivity index (χ1n) is 7.67. The van der Waals surface area contributed by atoms with Crippen LogP contribution in [-0.2, 0) is 6.54 Å². The van der Waals surface area contributed by atoms with Crippen molar-refractivity contribution in [3.05, 3.63) is 48.0 Å². The van der Waals surface area contributed by atoms with Crippen LogP contribution in [0.2, 0.25) is 0 Å². The van der Waals surface area contributed by atoms with Crippen LogP contribution in [0.15, 0.2) is 47.5 Å². The highest BCUT2D eigenvalue weighted by Gasteiger charge is 2.07. The predicted molar refractivity (Wildman–Crippen MR) is 96.1 cm³/mol. The molecule has 6 nitrogen and oxygen atoms in total. The molecule has 0 radical (unpaired) electrons. The average Bonchev–Trinajstić information content (AvgIpc) is 2.61. The third-order valence-corrected chi connectivity index (χ3v) is 3.36. The number of para-hydroxylation sites is 1. The number of nitrogens with zero attached hydrogens (tertiary/aromatic N) is 1. The van der Waals surface area contributed by atoms with Gasteiger partial charge < -0.3 is 25.3 Å². The predicted octanol–water partition coefficient (Wildman–Crippen LogP) is 3.03. The SMILES string of the molecule is CCOc1ccccc1CN=C(N)Nc1cc(OC)ccc1OC. The molecule has 0 heterocycles. The number of guanidine groups is 1. The summed E-state index contributed by atoms with van der Waals surface area (Å²) in [6.07, 6.45) is 0. The zero-order valence-corrected chi connectivity index (χ0v) is 14.2. The smallest absolute Gasteiger partial charge is 0.193 e. The Morgan fingerprint density at radius 1 is 1.08 bits per heavy atom. The van der Waals surface area contributed by atoms with Crippen molar-refractivity contribution < 1.29 is 14.2 Å². The van der Waals surface area contributed by atoms with Crippen LogP contribution >= 0.6 is 0 Å². The van der Waals surface area contributed by atoms with Gasteiger partial charge in [0.05, 0.1) is 33.1 Å². The summed E-state index contributed by atoms with van der Waals surface area (Å²) in [5, 5.41) is 3.04. The molecular formula is C18H23N3O3. The summed E-state index contributed by atoms with van der Waals surface area (Å²) in [6.45, 7) is 2.97. The Hall–Kier alpha value is -2.89. The first kappa shape index (κ1) is 17.5. The molecule has 0 bridgehead atoms. The van der Waals surface area contributed by atoms with Crippen molar-refractivity contribution in [1.29, 1.82) is 0 Å². The van der Waals surface area contributed by atoms with Crippen molar-refractivity contribution in [2.45, 2.75) is 13.5 Å². The third kappa shape index (κ3) is 4.55. The minimum absolute atomic E-state index is 0.285. The molecule has 2 aromatic rings. The lowest BCUT2D eigenvalue weighted by atomic mass is 10.2. The van der Waals surface area contributed by atoms with Crippen LogP contribution in [0.5, 0.6) is 17.2 Å². The van der Waals surface area contributed by atoms with Crippen molar-refractivity contribution in [3.63, 3.8) is 0 Å². The Kier molecular flexibility index (Phi) is 6.31. The van der Waals surface area contributed by atoms with Crippen molar-refractivity contribution >= 4 is 11.6 Å². The fraction of sp³-hybridized carbons (Fsp3) is 0.278. The van der Waals surface area contributed by atoms with Gasteiger partial charge in [-0.1, -0.05) is 18.2 Å². The Morgan fingerprint density at radius 2 is 1.88 bits per heavy atom. The summed E-state index contributed by atoms with van der Waals surface area (Å²) in [5.41, 5.74) is 7.66. The number of aliphatic imine (C=N–C) groups is 1. The van der Waals surface area contributed by atoms with Crippen molar-refractivity contribution in [3.8, 4) is 17.2 Å². The summed E-state index contributed by atoms with van der Waals surface area (Å²) in [4.78, 5) is 4.37. The number of ether oxygens (including phenoxy) is 3. The maximum Gasteiger partial charge on any atom is 0.193 e. The lowest BCUT2D eigenvalue weighted by Crippen LogP contribution is -2.23. The van der Waals surface area contributed by atoms with E-state index in [0.717, 1.165) is 11.3 Å². The molecular weight excluding hydrogens is 306 g/mol.